The number of ether oxygens (including phenoxy) is 1. The summed E-state index contributed by atoms with van der Waals surface area (Å²) < 4.78 is 6.30. The van der Waals surface area contributed by atoms with Gasteiger partial charge < -0.3 is 9.22 Å². The number of quaternary nitrogens is 1. The van der Waals surface area contributed by atoms with Crippen molar-refractivity contribution in [2.24, 2.45) is 11.8 Å². The molecular formula is C11H20NO2+. The fraction of sp³-hybridized carbons (Fsp3) is 0.909. The lowest BCUT2D eigenvalue weighted by Crippen LogP contribution is -2.48. The van der Waals surface area contributed by atoms with Crippen molar-refractivity contribution >= 4 is 5.97 Å². The zero-order chi connectivity index (χ0) is 10.2. The monoisotopic (exact) mass is 198 g/mol. The minimum atomic E-state index is 0.0469. The van der Waals surface area contributed by atoms with E-state index in [0.717, 1.165) is 13.0 Å². The van der Waals surface area contributed by atoms with Crippen LogP contribution in [0, 0.1) is 11.8 Å². The summed E-state index contributed by atoms with van der Waals surface area (Å²) in [5.41, 5.74) is 0. The van der Waals surface area contributed by atoms with Crippen molar-refractivity contribution in [2.75, 3.05) is 33.3 Å². The number of carbonyl (C=O) groups excluding carboxylic acids is 1. The van der Waals surface area contributed by atoms with Crippen LogP contribution in [0.2, 0.25) is 0 Å². The van der Waals surface area contributed by atoms with Crippen molar-refractivity contribution < 1.29 is 14.0 Å². The fourth-order valence-corrected chi connectivity index (χ4v) is 3.00. The third kappa shape index (κ3) is 1.65. The van der Waals surface area contributed by atoms with Crippen LogP contribution in [0.1, 0.15) is 19.8 Å². The van der Waals surface area contributed by atoms with Gasteiger partial charge in [0.2, 0.25) is 0 Å². The van der Waals surface area contributed by atoms with Crippen LogP contribution in [-0.2, 0) is 9.53 Å². The number of fused-ring (bicyclic) bond motifs is 2. The Morgan fingerprint density at radius 1 is 1.43 bits per heavy atom. The molecule has 2 bridgehead atoms. The van der Waals surface area contributed by atoms with E-state index >= 15 is 0 Å². The average Bonchev–Trinajstić information content (AvgIpc) is 2.43. The van der Waals surface area contributed by atoms with Crippen molar-refractivity contribution in [3.05, 3.63) is 0 Å². The normalized spacial score (nSPS) is 41.0. The Bertz CT molecular complexity index is 241. The molecule has 2 rings (SSSR count). The van der Waals surface area contributed by atoms with Crippen molar-refractivity contribution in [2.45, 2.75) is 19.8 Å². The Kier molecular flexibility index (Phi) is 2.52. The number of hydrogen-bond acceptors (Lipinski definition) is 2. The molecule has 0 spiro atoms. The molecule has 0 amide bonds. The first-order chi connectivity index (χ1) is 6.64. The van der Waals surface area contributed by atoms with Gasteiger partial charge in [0, 0.05) is 18.8 Å². The van der Waals surface area contributed by atoms with Crippen molar-refractivity contribution in [3.8, 4) is 0 Å². The predicted octanol–water partition coefficient (Wildman–Crippen LogP) is 1.04. The zero-order valence-electron chi connectivity index (χ0n) is 9.16. The second-order valence-electron chi connectivity index (χ2n) is 4.95. The lowest BCUT2D eigenvalue weighted by atomic mass is 9.86. The van der Waals surface area contributed by atoms with E-state index in [0.29, 0.717) is 12.5 Å². The molecule has 0 aliphatic carbocycles. The van der Waals surface area contributed by atoms with Gasteiger partial charge in [-0.3, -0.25) is 4.79 Å². The fourth-order valence-electron chi connectivity index (χ4n) is 3.00. The van der Waals surface area contributed by atoms with Gasteiger partial charge in [-0.15, -0.1) is 0 Å². The highest BCUT2D eigenvalue weighted by Crippen LogP contribution is 2.36. The first kappa shape index (κ1) is 9.97. The van der Waals surface area contributed by atoms with E-state index in [9.17, 15) is 4.79 Å². The van der Waals surface area contributed by atoms with Crippen LogP contribution in [0.15, 0.2) is 0 Å². The van der Waals surface area contributed by atoms with Crippen LogP contribution in [0.4, 0.5) is 0 Å². The standard InChI is InChI=1S/C11H20NO2/c1-3-14-11(13)10-5-7-12(2)6-4-9(10)8-12/h9-10H,3-8H2,1-2H3/q+1. The number of piperidine rings is 1. The maximum Gasteiger partial charge on any atom is 0.309 e. The summed E-state index contributed by atoms with van der Waals surface area (Å²) in [6.45, 7) is 5.99. The molecule has 3 nitrogen and oxygen atoms in total. The smallest absolute Gasteiger partial charge is 0.309 e. The molecule has 2 fully saturated rings. The highest BCUT2D eigenvalue weighted by molar-refractivity contribution is 5.73. The highest BCUT2D eigenvalue weighted by atomic mass is 16.5. The molecule has 2 heterocycles. The summed E-state index contributed by atoms with van der Waals surface area (Å²) in [4.78, 5) is 11.7. The number of carbonyl (C=O) groups is 1. The van der Waals surface area contributed by atoms with Crippen molar-refractivity contribution in [1.82, 2.24) is 0 Å². The van der Waals surface area contributed by atoms with Gasteiger partial charge in [0.05, 0.1) is 39.2 Å². The number of hydrogen-bond donors (Lipinski definition) is 0. The summed E-state index contributed by atoms with van der Waals surface area (Å²) >= 11 is 0. The largest absolute Gasteiger partial charge is 0.466 e. The Labute approximate surface area is 85.6 Å². The molecule has 0 radical (unpaired) electrons. The molecule has 80 valence electrons. The molecule has 0 aromatic heterocycles. The van der Waals surface area contributed by atoms with E-state index in [4.69, 9.17) is 4.74 Å². The van der Waals surface area contributed by atoms with Gasteiger partial charge in [-0.05, 0) is 6.92 Å². The Balaban J connectivity index is 2.00. The lowest BCUT2D eigenvalue weighted by molar-refractivity contribution is -0.903. The molecule has 0 aromatic rings. The molecule has 0 N–H and O–H groups in total. The van der Waals surface area contributed by atoms with Crippen LogP contribution < -0.4 is 0 Å². The number of esters is 1. The van der Waals surface area contributed by atoms with E-state index in [1.165, 1.54) is 24.0 Å². The second-order valence-corrected chi connectivity index (χ2v) is 4.95. The molecule has 0 aromatic carbocycles. The maximum atomic E-state index is 11.7. The summed E-state index contributed by atoms with van der Waals surface area (Å²) in [7, 11) is 2.31. The first-order valence-corrected chi connectivity index (χ1v) is 5.65. The van der Waals surface area contributed by atoms with Crippen LogP contribution in [0.5, 0.6) is 0 Å². The quantitative estimate of drug-likeness (QED) is 0.489. The van der Waals surface area contributed by atoms with Gasteiger partial charge in [-0.2, -0.15) is 0 Å². The molecule has 0 saturated carbocycles. The van der Waals surface area contributed by atoms with E-state index < -0.39 is 0 Å². The SMILES string of the molecule is CCOC(=O)C1CC[N+]2(C)CCC1C2. The second kappa shape index (κ2) is 3.54. The van der Waals surface area contributed by atoms with E-state index in [2.05, 4.69) is 7.05 Å². The molecular weight excluding hydrogens is 178 g/mol. The van der Waals surface area contributed by atoms with Gasteiger partial charge in [0.25, 0.3) is 0 Å². The summed E-state index contributed by atoms with van der Waals surface area (Å²) in [6.07, 6.45) is 2.24. The molecule has 3 unspecified atom stereocenters. The third-order valence-electron chi connectivity index (χ3n) is 3.85. The summed E-state index contributed by atoms with van der Waals surface area (Å²) in [5, 5.41) is 0. The molecule has 3 atom stereocenters. The maximum absolute atomic E-state index is 11.7. The third-order valence-corrected chi connectivity index (χ3v) is 3.85. The summed E-state index contributed by atoms with van der Waals surface area (Å²) in [5.74, 6) is 0.835. The Morgan fingerprint density at radius 3 is 2.86 bits per heavy atom. The Hall–Kier alpha value is -0.570. The zero-order valence-corrected chi connectivity index (χ0v) is 9.16. The van der Waals surface area contributed by atoms with Crippen LogP contribution in [-0.4, -0.2) is 43.7 Å². The van der Waals surface area contributed by atoms with Crippen molar-refractivity contribution in [1.29, 1.82) is 0 Å². The molecule has 3 heteroatoms. The van der Waals surface area contributed by atoms with Crippen LogP contribution >= 0.6 is 0 Å². The van der Waals surface area contributed by atoms with Gasteiger partial charge in [-0.1, -0.05) is 0 Å². The highest BCUT2D eigenvalue weighted by Gasteiger charge is 2.46. The van der Waals surface area contributed by atoms with E-state index in [1.54, 1.807) is 0 Å². The number of nitrogens with zero attached hydrogens (tertiary/aromatic N) is 1. The molecule has 2 aliphatic heterocycles. The molecule has 14 heavy (non-hydrogen) atoms. The first-order valence-electron chi connectivity index (χ1n) is 5.65. The average molecular weight is 198 g/mol. The van der Waals surface area contributed by atoms with Gasteiger partial charge >= 0.3 is 5.97 Å². The van der Waals surface area contributed by atoms with Gasteiger partial charge in [0.1, 0.15) is 0 Å². The molecule has 2 aliphatic rings. The van der Waals surface area contributed by atoms with Gasteiger partial charge in [-0.25, -0.2) is 0 Å². The topological polar surface area (TPSA) is 26.3 Å². The van der Waals surface area contributed by atoms with Gasteiger partial charge in [0.15, 0.2) is 0 Å². The summed E-state index contributed by atoms with van der Waals surface area (Å²) in [6, 6.07) is 0. The van der Waals surface area contributed by atoms with Crippen LogP contribution in [0.3, 0.4) is 0 Å². The minimum absolute atomic E-state index is 0.0469. The molecule has 2 saturated heterocycles. The van der Waals surface area contributed by atoms with Crippen molar-refractivity contribution in [3.63, 3.8) is 0 Å². The van der Waals surface area contributed by atoms with E-state index in [-0.39, 0.29) is 11.9 Å². The van der Waals surface area contributed by atoms with E-state index in [1.807, 2.05) is 6.92 Å². The number of rotatable bonds is 2. The minimum Gasteiger partial charge on any atom is -0.466 e. The lowest BCUT2D eigenvalue weighted by Gasteiger charge is -2.35. The predicted molar refractivity (Wildman–Crippen MR) is 53.6 cm³/mol. The Morgan fingerprint density at radius 2 is 2.14 bits per heavy atom. The van der Waals surface area contributed by atoms with Crippen LogP contribution in [0.25, 0.3) is 0 Å².